The van der Waals surface area contributed by atoms with Gasteiger partial charge in [0.15, 0.2) is 11.5 Å². The lowest BCUT2D eigenvalue weighted by molar-refractivity contribution is -0.121. The third kappa shape index (κ3) is 4.82. The van der Waals surface area contributed by atoms with Crippen LogP contribution in [0.2, 0.25) is 0 Å². The fourth-order valence-corrected chi connectivity index (χ4v) is 1.94. The second-order valence-electron chi connectivity index (χ2n) is 4.74. The molecule has 6 nitrogen and oxygen atoms in total. The highest BCUT2D eigenvalue weighted by Crippen LogP contribution is 2.38. The van der Waals surface area contributed by atoms with Crippen LogP contribution in [0.4, 0.5) is 0 Å². The molecule has 0 radical (unpaired) electrons. The Morgan fingerprint density at radius 3 is 2.19 bits per heavy atom. The Kier molecular flexibility index (Phi) is 6.81. The molecule has 0 saturated carbocycles. The number of carbonyl (C=O) groups is 1. The summed E-state index contributed by atoms with van der Waals surface area (Å²) in [6.45, 7) is 2.30. The molecule has 1 amide bonds. The van der Waals surface area contributed by atoms with Gasteiger partial charge < -0.3 is 25.3 Å². The van der Waals surface area contributed by atoms with Crippen molar-refractivity contribution >= 4 is 5.91 Å². The second-order valence-corrected chi connectivity index (χ2v) is 4.74. The highest BCUT2D eigenvalue weighted by atomic mass is 16.5. The Morgan fingerprint density at radius 1 is 1.19 bits per heavy atom. The van der Waals surface area contributed by atoms with Gasteiger partial charge in [0, 0.05) is 19.0 Å². The number of nitrogens with two attached hydrogens (primary N) is 1. The molecule has 0 unspecified atom stereocenters. The molecule has 1 atom stereocenters. The molecule has 118 valence electrons. The Morgan fingerprint density at radius 2 is 1.76 bits per heavy atom. The van der Waals surface area contributed by atoms with Crippen LogP contribution >= 0.6 is 0 Å². The highest BCUT2D eigenvalue weighted by Gasteiger charge is 2.14. The fourth-order valence-electron chi connectivity index (χ4n) is 1.94. The first-order chi connectivity index (χ1) is 10.0. The molecule has 1 aromatic rings. The average molecular weight is 296 g/mol. The fraction of sp³-hybridized carbons (Fsp3) is 0.533. The maximum absolute atomic E-state index is 11.8. The summed E-state index contributed by atoms with van der Waals surface area (Å²) in [5.74, 6) is 1.69. The van der Waals surface area contributed by atoms with Gasteiger partial charge in [-0.1, -0.05) is 0 Å². The van der Waals surface area contributed by atoms with Crippen molar-refractivity contribution in [3.05, 3.63) is 17.7 Å². The summed E-state index contributed by atoms with van der Waals surface area (Å²) in [6.07, 6.45) is 0.961. The number of benzene rings is 1. The number of hydrogen-bond acceptors (Lipinski definition) is 5. The Bertz CT molecular complexity index is 452. The third-order valence-corrected chi connectivity index (χ3v) is 3.13. The number of amides is 1. The average Bonchev–Trinajstić information content (AvgIpc) is 2.51. The number of carbonyl (C=O) groups excluding carboxylic acids is 1. The van der Waals surface area contributed by atoms with Crippen LogP contribution in [0.15, 0.2) is 12.1 Å². The van der Waals surface area contributed by atoms with Crippen LogP contribution in [0.3, 0.4) is 0 Å². The zero-order valence-corrected chi connectivity index (χ0v) is 13.1. The molecular formula is C15H24N2O4. The predicted octanol–water partition coefficient (Wildman–Crippen LogP) is 1.11. The van der Waals surface area contributed by atoms with Gasteiger partial charge in [0.1, 0.15) is 0 Å². The lowest BCUT2D eigenvalue weighted by Crippen LogP contribution is -2.37. The molecule has 1 aromatic carbocycles. The van der Waals surface area contributed by atoms with E-state index in [9.17, 15) is 4.79 Å². The van der Waals surface area contributed by atoms with Gasteiger partial charge in [-0.25, -0.2) is 0 Å². The first-order valence-electron chi connectivity index (χ1n) is 6.84. The molecule has 21 heavy (non-hydrogen) atoms. The standard InChI is InChI=1S/C15H24N2O4/c1-10(9-16)17-14(18)6-5-11-7-12(19-2)15(21-4)13(8-11)20-3/h7-8,10H,5-6,9,16H2,1-4H3,(H,17,18)/t10-/m0/s1. The molecule has 0 saturated heterocycles. The van der Waals surface area contributed by atoms with Crippen molar-refractivity contribution in [3.8, 4) is 17.2 Å². The summed E-state index contributed by atoms with van der Waals surface area (Å²) in [6, 6.07) is 3.68. The van der Waals surface area contributed by atoms with E-state index in [0.29, 0.717) is 36.6 Å². The number of rotatable bonds is 8. The molecule has 6 heteroatoms. The van der Waals surface area contributed by atoms with Gasteiger partial charge >= 0.3 is 0 Å². The molecule has 3 N–H and O–H groups in total. The van der Waals surface area contributed by atoms with Crippen LogP contribution in [0, 0.1) is 0 Å². The number of aryl methyl sites for hydroxylation is 1. The molecule has 0 aliphatic heterocycles. The highest BCUT2D eigenvalue weighted by molar-refractivity contribution is 5.76. The largest absolute Gasteiger partial charge is 0.493 e. The lowest BCUT2D eigenvalue weighted by atomic mass is 10.1. The summed E-state index contributed by atoms with van der Waals surface area (Å²) in [5.41, 5.74) is 6.42. The molecule has 0 heterocycles. The summed E-state index contributed by atoms with van der Waals surface area (Å²) in [4.78, 5) is 11.8. The van der Waals surface area contributed by atoms with Gasteiger partial charge in [-0.2, -0.15) is 0 Å². The van der Waals surface area contributed by atoms with Crippen LogP contribution in [0.5, 0.6) is 17.2 Å². The van der Waals surface area contributed by atoms with Crippen molar-refractivity contribution < 1.29 is 19.0 Å². The minimum Gasteiger partial charge on any atom is -0.493 e. The van der Waals surface area contributed by atoms with Crippen molar-refractivity contribution in [1.82, 2.24) is 5.32 Å². The zero-order chi connectivity index (χ0) is 15.8. The van der Waals surface area contributed by atoms with E-state index in [1.807, 2.05) is 19.1 Å². The van der Waals surface area contributed by atoms with Crippen molar-refractivity contribution in [2.45, 2.75) is 25.8 Å². The molecular weight excluding hydrogens is 272 g/mol. The van der Waals surface area contributed by atoms with Crippen LogP contribution in [-0.4, -0.2) is 39.8 Å². The van der Waals surface area contributed by atoms with E-state index in [1.165, 1.54) is 0 Å². The number of hydrogen-bond donors (Lipinski definition) is 2. The zero-order valence-electron chi connectivity index (χ0n) is 13.1. The van der Waals surface area contributed by atoms with Crippen molar-refractivity contribution in [1.29, 1.82) is 0 Å². The maximum Gasteiger partial charge on any atom is 0.220 e. The molecule has 0 bridgehead atoms. The van der Waals surface area contributed by atoms with E-state index < -0.39 is 0 Å². The normalized spacial score (nSPS) is 11.7. The molecule has 1 rings (SSSR count). The monoisotopic (exact) mass is 296 g/mol. The third-order valence-electron chi connectivity index (χ3n) is 3.13. The quantitative estimate of drug-likeness (QED) is 0.751. The van der Waals surface area contributed by atoms with Crippen LogP contribution < -0.4 is 25.3 Å². The van der Waals surface area contributed by atoms with Gasteiger partial charge in [0.05, 0.1) is 21.3 Å². The summed E-state index contributed by atoms with van der Waals surface area (Å²) in [7, 11) is 4.69. The van der Waals surface area contributed by atoms with Crippen molar-refractivity contribution in [2.75, 3.05) is 27.9 Å². The van der Waals surface area contributed by atoms with E-state index in [2.05, 4.69) is 5.32 Å². The van der Waals surface area contributed by atoms with Gasteiger partial charge in [-0.15, -0.1) is 0 Å². The molecule has 0 spiro atoms. The van der Waals surface area contributed by atoms with Gasteiger partial charge in [0.25, 0.3) is 0 Å². The first kappa shape index (κ1) is 17.1. The van der Waals surface area contributed by atoms with E-state index >= 15 is 0 Å². The molecule has 0 fully saturated rings. The Labute approximate surface area is 125 Å². The topological polar surface area (TPSA) is 82.8 Å². The lowest BCUT2D eigenvalue weighted by Gasteiger charge is -2.14. The van der Waals surface area contributed by atoms with Gasteiger partial charge in [-0.3, -0.25) is 4.79 Å². The molecule has 0 aromatic heterocycles. The van der Waals surface area contributed by atoms with Crippen LogP contribution in [0.25, 0.3) is 0 Å². The van der Waals surface area contributed by atoms with Gasteiger partial charge in [0.2, 0.25) is 11.7 Å². The van der Waals surface area contributed by atoms with Crippen LogP contribution in [0.1, 0.15) is 18.9 Å². The summed E-state index contributed by atoms with van der Waals surface area (Å²) < 4.78 is 15.8. The van der Waals surface area contributed by atoms with E-state index in [0.717, 1.165) is 5.56 Å². The molecule has 0 aliphatic rings. The summed E-state index contributed by atoms with van der Waals surface area (Å²) in [5, 5.41) is 2.83. The van der Waals surface area contributed by atoms with E-state index in [-0.39, 0.29) is 11.9 Å². The van der Waals surface area contributed by atoms with Gasteiger partial charge in [-0.05, 0) is 31.0 Å². The van der Waals surface area contributed by atoms with Crippen LogP contribution in [-0.2, 0) is 11.2 Å². The smallest absolute Gasteiger partial charge is 0.220 e. The number of nitrogens with one attached hydrogen (secondary N) is 1. The molecule has 0 aliphatic carbocycles. The Hall–Kier alpha value is -1.95. The summed E-state index contributed by atoms with van der Waals surface area (Å²) >= 11 is 0. The number of methoxy groups -OCH3 is 3. The second kappa shape index (κ2) is 8.36. The number of ether oxygens (including phenoxy) is 3. The van der Waals surface area contributed by atoms with E-state index in [4.69, 9.17) is 19.9 Å². The van der Waals surface area contributed by atoms with Crippen molar-refractivity contribution in [3.63, 3.8) is 0 Å². The minimum atomic E-state index is -0.0262. The first-order valence-corrected chi connectivity index (χ1v) is 6.84. The maximum atomic E-state index is 11.8. The van der Waals surface area contributed by atoms with Crippen molar-refractivity contribution in [2.24, 2.45) is 5.73 Å². The van der Waals surface area contributed by atoms with E-state index in [1.54, 1.807) is 21.3 Å². The Balaban J connectivity index is 2.78. The predicted molar refractivity (Wildman–Crippen MR) is 81.1 cm³/mol. The minimum absolute atomic E-state index is 0.0163. The SMILES string of the molecule is COc1cc(CCC(=O)N[C@@H](C)CN)cc(OC)c1OC.